The van der Waals surface area contributed by atoms with Gasteiger partial charge in [0.25, 0.3) is 0 Å². The summed E-state index contributed by atoms with van der Waals surface area (Å²) in [5, 5.41) is 5.66. The number of carbonyl (C=O) groups is 2. The standard InChI is InChI=1S/C17H24FN3O2/c1-17(2,3)20-16(23)19-14-10-15(22)21(11-14)9-8-12-4-6-13(18)7-5-12/h4-7,14H,8-11H2,1-3H3,(H2,19,20,23). The highest BCUT2D eigenvalue weighted by Gasteiger charge is 2.30. The fourth-order valence-electron chi connectivity index (χ4n) is 2.56. The van der Waals surface area contributed by atoms with Gasteiger partial charge in [-0.15, -0.1) is 0 Å². The molecule has 5 nitrogen and oxygen atoms in total. The summed E-state index contributed by atoms with van der Waals surface area (Å²) in [6.45, 7) is 6.80. The van der Waals surface area contributed by atoms with Crippen molar-refractivity contribution in [3.05, 3.63) is 35.6 Å². The van der Waals surface area contributed by atoms with Crippen molar-refractivity contribution in [3.63, 3.8) is 0 Å². The van der Waals surface area contributed by atoms with Crippen LogP contribution in [0.2, 0.25) is 0 Å². The molecular formula is C17H24FN3O2. The van der Waals surface area contributed by atoms with Crippen molar-refractivity contribution in [1.29, 1.82) is 0 Å². The Morgan fingerprint density at radius 3 is 2.57 bits per heavy atom. The van der Waals surface area contributed by atoms with Crippen LogP contribution in [0.25, 0.3) is 0 Å². The molecule has 6 heteroatoms. The van der Waals surface area contributed by atoms with Crippen molar-refractivity contribution < 1.29 is 14.0 Å². The lowest BCUT2D eigenvalue weighted by atomic mass is 10.1. The van der Waals surface area contributed by atoms with Gasteiger partial charge in [-0.05, 0) is 44.9 Å². The summed E-state index contributed by atoms with van der Waals surface area (Å²) in [7, 11) is 0. The summed E-state index contributed by atoms with van der Waals surface area (Å²) in [4.78, 5) is 25.6. The maximum atomic E-state index is 12.9. The van der Waals surface area contributed by atoms with E-state index in [-0.39, 0.29) is 29.3 Å². The minimum atomic E-state index is -0.311. The van der Waals surface area contributed by atoms with Crippen LogP contribution in [0.4, 0.5) is 9.18 Å². The van der Waals surface area contributed by atoms with Crippen LogP contribution in [-0.2, 0) is 11.2 Å². The molecule has 1 fully saturated rings. The first-order chi connectivity index (χ1) is 10.7. The van der Waals surface area contributed by atoms with E-state index in [1.54, 1.807) is 17.0 Å². The molecule has 126 valence electrons. The summed E-state index contributed by atoms with van der Waals surface area (Å²) in [5.74, 6) is -0.228. The first-order valence-electron chi connectivity index (χ1n) is 7.84. The van der Waals surface area contributed by atoms with Crippen LogP contribution in [0.3, 0.4) is 0 Å². The lowest BCUT2D eigenvalue weighted by Gasteiger charge is -2.22. The Labute approximate surface area is 136 Å². The van der Waals surface area contributed by atoms with Crippen molar-refractivity contribution in [2.24, 2.45) is 0 Å². The van der Waals surface area contributed by atoms with Gasteiger partial charge in [-0.25, -0.2) is 9.18 Å². The molecule has 1 aliphatic heterocycles. The monoisotopic (exact) mass is 321 g/mol. The zero-order valence-corrected chi connectivity index (χ0v) is 13.9. The van der Waals surface area contributed by atoms with Gasteiger partial charge in [0.05, 0.1) is 6.04 Å². The largest absolute Gasteiger partial charge is 0.340 e. The molecule has 0 spiro atoms. The van der Waals surface area contributed by atoms with Crippen molar-refractivity contribution in [3.8, 4) is 0 Å². The smallest absolute Gasteiger partial charge is 0.315 e. The molecule has 1 aromatic carbocycles. The summed E-state index contributed by atoms with van der Waals surface area (Å²) < 4.78 is 12.9. The van der Waals surface area contributed by atoms with E-state index in [9.17, 15) is 14.0 Å². The van der Waals surface area contributed by atoms with E-state index in [0.717, 1.165) is 5.56 Å². The maximum Gasteiger partial charge on any atom is 0.315 e. The number of hydrogen-bond acceptors (Lipinski definition) is 2. The summed E-state index contributed by atoms with van der Waals surface area (Å²) in [5.41, 5.74) is 0.677. The van der Waals surface area contributed by atoms with Crippen LogP contribution in [-0.4, -0.2) is 41.5 Å². The number of rotatable bonds is 4. The number of likely N-dealkylation sites (tertiary alicyclic amines) is 1. The van der Waals surface area contributed by atoms with E-state index in [0.29, 0.717) is 25.9 Å². The quantitative estimate of drug-likeness (QED) is 0.892. The second kappa shape index (κ2) is 6.98. The van der Waals surface area contributed by atoms with Crippen LogP contribution in [0.15, 0.2) is 24.3 Å². The highest BCUT2D eigenvalue weighted by molar-refractivity contribution is 5.81. The number of hydrogen-bond donors (Lipinski definition) is 2. The molecule has 1 aromatic rings. The summed E-state index contributed by atoms with van der Waals surface area (Å²) >= 11 is 0. The van der Waals surface area contributed by atoms with E-state index < -0.39 is 0 Å². The van der Waals surface area contributed by atoms with Crippen LogP contribution < -0.4 is 10.6 Å². The number of carbonyl (C=O) groups excluding carboxylic acids is 2. The van der Waals surface area contributed by atoms with E-state index in [1.807, 2.05) is 20.8 Å². The maximum absolute atomic E-state index is 12.9. The summed E-state index contributed by atoms with van der Waals surface area (Å²) in [6, 6.07) is 5.86. The molecule has 0 radical (unpaired) electrons. The predicted octanol–water partition coefficient (Wildman–Crippen LogP) is 2.07. The third-order valence-electron chi connectivity index (χ3n) is 3.62. The van der Waals surface area contributed by atoms with Gasteiger partial charge >= 0.3 is 6.03 Å². The molecule has 0 aromatic heterocycles. The van der Waals surface area contributed by atoms with Crippen LogP contribution in [0.5, 0.6) is 0 Å². The van der Waals surface area contributed by atoms with Gasteiger partial charge in [-0.3, -0.25) is 4.79 Å². The molecule has 2 N–H and O–H groups in total. The molecule has 1 saturated heterocycles. The Balaban J connectivity index is 1.80. The molecule has 3 amide bonds. The number of halogens is 1. The van der Waals surface area contributed by atoms with E-state index >= 15 is 0 Å². The Kier molecular flexibility index (Phi) is 5.23. The zero-order valence-electron chi connectivity index (χ0n) is 13.9. The van der Waals surface area contributed by atoms with Crippen molar-refractivity contribution in [2.45, 2.75) is 45.2 Å². The molecule has 2 rings (SSSR count). The first kappa shape index (κ1) is 17.2. The summed E-state index contributed by atoms with van der Waals surface area (Å²) in [6.07, 6.45) is 0.994. The highest BCUT2D eigenvalue weighted by Crippen LogP contribution is 2.13. The third kappa shape index (κ3) is 5.54. The zero-order chi connectivity index (χ0) is 17.0. The normalized spacial score (nSPS) is 18.2. The minimum Gasteiger partial charge on any atom is -0.340 e. The molecule has 1 heterocycles. The third-order valence-corrected chi connectivity index (χ3v) is 3.62. The number of amides is 3. The molecule has 1 atom stereocenters. The Morgan fingerprint density at radius 1 is 1.30 bits per heavy atom. The fraction of sp³-hybridized carbons (Fsp3) is 0.529. The van der Waals surface area contributed by atoms with Gasteiger partial charge in [0.2, 0.25) is 5.91 Å². The number of nitrogens with one attached hydrogen (secondary N) is 2. The Bertz CT molecular complexity index is 566. The van der Waals surface area contributed by atoms with Crippen LogP contribution in [0.1, 0.15) is 32.8 Å². The Morgan fingerprint density at radius 2 is 1.96 bits per heavy atom. The van der Waals surface area contributed by atoms with E-state index in [2.05, 4.69) is 10.6 Å². The fourth-order valence-corrected chi connectivity index (χ4v) is 2.56. The average Bonchev–Trinajstić information content (AvgIpc) is 2.76. The van der Waals surface area contributed by atoms with Gasteiger partial charge in [0, 0.05) is 25.0 Å². The molecular weight excluding hydrogens is 297 g/mol. The van der Waals surface area contributed by atoms with Gasteiger partial charge in [0.1, 0.15) is 5.82 Å². The van der Waals surface area contributed by atoms with Crippen molar-refractivity contribution in [1.82, 2.24) is 15.5 Å². The van der Waals surface area contributed by atoms with Crippen molar-refractivity contribution >= 4 is 11.9 Å². The van der Waals surface area contributed by atoms with Crippen LogP contribution >= 0.6 is 0 Å². The highest BCUT2D eigenvalue weighted by atomic mass is 19.1. The lowest BCUT2D eigenvalue weighted by molar-refractivity contribution is -0.127. The molecule has 0 bridgehead atoms. The second-order valence-corrected chi connectivity index (χ2v) is 6.97. The second-order valence-electron chi connectivity index (χ2n) is 6.97. The molecule has 1 aliphatic rings. The predicted molar refractivity (Wildman–Crippen MR) is 86.5 cm³/mol. The van der Waals surface area contributed by atoms with E-state index in [1.165, 1.54) is 12.1 Å². The average molecular weight is 321 g/mol. The first-order valence-corrected chi connectivity index (χ1v) is 7.84. The molecule has 1 unspecified atom stereocenters. The topological polar surface area (TPSA) is 61.4 Å². The molecule has 0 aliphatic carbocycles. The number of nitrogens with zero attached hydrogens (tertiary/aromatic N) is 1. The SMILES string of the molecule is CC(C)(C)NC(=O)NC1CC(=O)N(CCc2ccc(F)cc2)C1. The van der Waals surface area contributed by atoms with Crippen molar-refractivity contribution in [2.75, 3.05) is 13.1 Å². The van der Waals surface area contributed by atoms with Gasteiger partial charge in [-0.2, -0.15) is 0 Å². The number of benzene rings is 1. The van der Waals surface area contributed by atoms with Crippen LogP contribution in [0, 0.1) is 5.82 Å². The van der Waals surface area contributed by atoms with E-state index in [4.69, 9.17) is 0 Å². The molecule has 23 heavy (non-hydrogen) atoms. The number of urea groups is 1. The van der Waals surface area contributed by atoms with Gasteiger partial charge in [0.15, 0.2) is 0 Å². The minimum absolute atomic E-state index is 0.0353. The Hall–Kier alpha value is -2.11. The lowest BCUT2D eigenvalue weighted by Crippen LogP contribution is -2.50. The molecule has 0 saturated carbocycles. The van der Waals surface area contributed by atoms with Gasteiger partial charge < -0.3 is 15.5 Å². The van der Waals surface area contributed by atoms with Gasteiger partial charge in [-0.1, -0.05) is 12.1 Å².